The molecule has 0 unspecified atom stereocenters. The molecular weight excluding hydrogens is 162 g/mol. The Labute approximate surface area is 79.6 Å². The van der Waals surface area contributed by atoms with E-state index in [1.165, 1.54) is 0 Å². The first-order valence-electron chi connectivity index (χ1n) is 4.71. The van der Waals surface area contributed by atoms with Crippen LogP contribution in [0.5, 0.6) is 0 Å². The number of rotatable bonds is 4. The summed E-state index contributed by atoms with van der Waals surface area (Å²) >= 11 is 0. The van der Waals surface area contributed by atoms with Gasteiger partial charge >= 0.3 is 0 Å². The van der Waals surface area contributed by atoms with Crippen LogP contribution < -0.4 is 10.6 Å². The summed E-state index contributed by atoms with van der Waals surface area (Å²) in [7, 11) is 0. The van der Waals surface area contributed by atoms with E-state index in [4.69, 9.17) is 5.73 Å². The third kappa shape index (κ3) is 2.42. The maximum atomic E-state index is 5.56. The molecule has 72 valence electrons. The number of pyridine rings is 1. The van der Waals surface area contributed by atoms with Crippen molar-refractivity contribution in [2.45, 2.75) is 20.4 Å². The molecule has 0 radical (unpaired) electrons. The van der Waals surface area contributed by atoms with Gasteiger partial charge in [0.25, 0.3) is 0 Å². The Kier molecular flexibility index (Phi) is 3.71. The van der Waals surface area contributed by atoms with Gasteiger partial charge in [0.05, 0.1) is 0 Å². The van der Waals surface area contributed by atoms with E-state index in [0.717, 1.165) is 24.5 Å². The highest BCUT2D eigenvalue weighted by Gasteiger charge is 2.02. The van der Waals surface area contributed by atoms with Crippen molar-refractivity contribution in [2.24, 2.45) is 5.73 Å². The van der Waals surface area contributed by atoms with Crippen LogP contribution in [0.25, 0.3) is 0 Å². The molecule has 13 heavy (non-hydrogen) atoms. The zero-order valence-electron chi connectivity index (χ0n) is 8.33. The Morgan fingerprint density at radius 2 is 2.08 bits per heavy atom. The molecule has 0 saturated heterocycles. The van der Waals surface area contributed by atoms with Crippen LogP contribution in [0, 0.1) is 0 Å². The molecule has 3 heteroatoms. The lowest BCUT2D eigenvalue weighted by atomic mass is 10.2. The van der Waals surface area contributed by atoms with Crippen LogP contribution in [0.2, 0.25) is 0 Å². The predicted octanol–water partition coefficient (Wildman–Crippen LogP) is 1.39. The fourth-order valence-electron chi connectivity index (χ4n) is 1.31. The molecule has 1 rings (SSSR count). The lowest BCUT2D eigenvalue weighted by molar-refractivity contribution is 0.843. The van der Waals surface area contributed by atoms with Crippen LogP contribution in [0.15, 0.2) is 18.3 Å². The first-order valence-corrected chi connectivity index (χ1v) is 4.71. The largest absolute Gasteiger partial charge is 0.357 e. The molecule has 0 aromatic carbocycles. The van der Waals surface area contributed by atoms with Crippen LogP contribution >= 0.6 is 0 Å². The standard InChI is InChI=1S/C10H17N3/c1-3-13(4-2)10-7-9(8-11)5-6-12-10/h5-7H,3-4,8,11H2,1-2H3. The summed E-state index contributed by atoms with van der Waals surface area (Å²) in [6, 6.07) is 4.00. The van der Waals surface area contributed by atoms with Crippen LogP contribution in [0.3, 0.4) is 0 Å². The maximum Gasteiger partial charge on any atom is 0.128 e. The van der Waals surface area contributed by atoms with Crippen LogP contribution in [0.4, 0.5) is 5.82 Å². The molecule has 0 atom stereocenters. The van der Waals surface area contributed by atoms with Gasteiger partial charge in [0.15, 0.2) is 0 Å². The van der Waals surface area contributed by atoms with Crippen molar-refractivity contribution in [3.05, 3.63) is 23.9 Å². The van der Waals surface area contributed by atoms with Crippen molar-refractivity contribution in [1.29, 1.82) is 0 Å². The first-order chi connectivity index (χ1) is 6.31. The Morgan fingerprint density at radius 3 is 2.62 bits per heavy atom. The summed E-state index contributed by atoms with van der Waals surface area (Å²) in [5.41, 5.74) is 6.69. The molecule has 0 aliphatic heterocycles. The van der Waals surface area contributed by atoms with Gasteiger partial charge in [0.2, 0.25) is 0 Å². The van der Waals surface area contributed by atoms with Crippen LogP contribution in [-0.2, 0) is 6.54 Å². The number of hydrogen-bond donors (Lipinski definition) is 1. The minimum absolute atomic E-state index is 0.580. The second-order valence-corrected chi connectivity index (χ2v) is 2.90. The van der Waals surface area contributed by atoms with Crippen molar-refractivity contribution < 1.29 is 0 Å². The Hall–Kier alpha value is -1.09. The third-order valence-electron chi connectivity index (χ3n) is 2.13. The van der Waals surface area contributed by atoms with Gasteiger partial charge in [0.1, 0.15) is 5.82 Å². The Bertz CT molecular complexity index is 256. The zero-order valence-corrected chi connectivity index (χ0v) is 8.33. The van der Waals surface area contributed by atoms with E-state index in [0.29, 0.717) is 6.54 Å². The van der Waals surface area contributed by atoms with Gasteiger partial charge in [-0.3, -0.25) is 0 Å². The van der Waals surface area contributed by atoms with Crippen LogP contribution in [-0.4, -0.2) is 18.1 Å². The fraction of sp³-hybridized carbons (Fsp3) is 0.500. The molecule has 0 fully saturated rings. The average Bonchev–Trinajstić information content (AvgIpc) is 2.20. The molecule has 1 aromatic rings. The smallest absolute Gasteiger partial charge is 0.128 e. The van der Waals surface area contributed by atoms with E-state index >= 15 is 0 Å². The summed E-state index contributed by atoms with van der Waals surface area (Å²) in [6.45, 7) is 6.80. The Balaban J connectivity index is 2.86. The summed E-state index contributed by atoms with van der Waals surface area (Å²) in [4.78, 5) is 6.51. The second kappa shape index (κ2) is 4.82. The van der Waals surface area contributed by atoms with Gasteiger partial charge < -0.3 is 10.6 Å². The molecule has 0 bridgehead atoms. The van der Waals surface area contributed by atoms with E-state index in [-0.39, 0.29) is 0 Å². The van der Waals surface area contributed by atoms with Crippen molar-refractivity contribution >= 4 is 5.82 Å². The minimum atomic E-state index is 0.580. The molecule has 0 spiro atoms. The van der Waals surface area contributed by atoms with Gasteiger partial charge in [-0.25, -0.2) is 4.98 Å². The zero-order chi connectivity index (χ0) is 9.68. The molecular formula is C10H17N3. The van der Waals surface area contributed by atoms with Crippen molar-refractivity contribution in [3.63, 3.8) is 0 Å². The molecule has 1 aromatic heterocycles. The van der Waals surface area contributed by atoms with Crippen molar-refractivity contribution in [3.8, 4) is 0 Å². The summed E-state index contributed by atoms with van der Waals surface area (Å²) < 4.78 is 0. The molecule has 0 aliphatic rings. The van der Waals surface area contributed by atoms with Gasteiger partial charge in [-0.2, -0.15) is 0 Å². The molecule has 2 N–H and O–H groups in total. The molecule has 0 amide bonds. The molecule has 1 heterocycles. The van der Waals surface area contributed by atoms with E-state index in [2.05, 4.69) is 23.7 Å². The maximum absolute atomic E-state index is 5.56. The highest BCUT2D eigenvalue weighted by Crippen LogP contribution is 2.11. The van der Waals surface area contributed by atoms with Gasteiger partial charge in [-0.05, 0) is 31.5 Å². The Morgan fingerprint density at radius 1 is 1.38 bits per heavy atom. The second-order valence-electron chi connectivity index (χ2n) is 2.90. The number of aromatic nitrogens is 1. The third-order valence-corrected chi connectivity index (χ3v) is 2.13. The van der Waals surface area contributed by atoms with Crippen LogP contribution in [0.1, 0.15) is 19.4 Å². The molecule has 0 aliphatic carbocycles. The van der Waals surface area contributed by atoms with Crippen molar-refractivity contribution in [1.82, 2.24) is 4.98 Å². The average molecular weight is 179 g/mol. The number of anilines is 1. The summed E-state index contributed by atoms with van der Waals surface area (Å²) in [5.74, 6) is 1.02. The molecule has 3 nitrogen and oxygen atoms in total. The SMILES string of the molecule is CCN(CC)c1cc(CN)ccn1. The lowest BCUT2D eigenvalue weighted by Gasteiger charge is -2.19. The van der Waals surface area contributed by atoms with E-state index in [1.54, 1.807) is 0 Å². The van der Waals surface area contributed by atoms with Gasteiger partial charge in [0, 0.05) is 25.8 Å². The highest BCUT2D eigenvalue weighted by molar-refractivity contribution is 5.40. The van der Waals surface area contributed by atoms with E-state index < -0.39 is 0 Å². The van der Waals surface area contributed by atoms with E-state index in [1.807, 2.05) is 18.3 Å². The first kappa shape index (κ1) is 9.99. The fourth-order valence-corrected chi connectivity index (χ4v) is 1.31. The normalized spacial score (nSPS) is 10.1. The van der Waals surface area contributed by atoms with Gasteiger partial charge in [-0.15, -0.1) is 0 Å². The highest BCUT2D eigenvalue weighted by atomic mass is 15.2. The van der Waals surface area contributed by atoms with E-state index in [9.17, 15) is 0 Å². The quantitative estimate of drug-likeness (QED) is 0.759. The number of nitrogens with two attached hydrogens (primary N) is 1. The van der Waals surface area contributed by atoms with Crippen molar-refractivity contribution in [2.75, 3.05) is 18.0 Å². The summed E-state index contributed by atoms with van der Waals surface area (Å²) in [6.07, 6.45) is 1.82. The van der Waals surface area contributed by atoms with Gasteiger partial charge in [-0.1, -0.05) is 0 Å². The lowest BCUT2D eigenvalue weighted by Crippen LogP contribution is -2.23. The monoisotopic (exact) mass is 179 g/mol. The number of nitrogens with zero attached hydrogens (tertiary/aromatic N) is 2. The number of hydrogen-bond acceptors (Lipinski definition) is 3. The summed E-state index contributed by atoms with van der Waals surface area (Å²) in [5, 5.41) is 0. The predicted molar refractivity (Wildman–Crippen MR) is 55.7 cm³/mol. The molecule has 0 saturated carbocycles. The topological polar surface area (TPSA) is 42.1 Å². The minimum Gasteiger partial charge on any atom is -0.357 e.